The van der Waals surface area contributed by atoms with Crippen LogP contribution in [0.2, 0.25) is 0 Å². The fraction of sp³-hybridized carbons (Fsp3) is 0.300. The Morgan fingerprint density at radius 2 is 2.15 bits per heavy atom. The van der Waals surface area contributed by atoms with E-state index in [1.807, 2.05) is 22.6 Å². The summed E-state index contributed by atoms with van der Waals surface area (Å²) < 4.78 is 40.1. The zero-order valence-electron chi connectivity index (χ0n) is 10.3. The summed E-state index contributed by atoms with van der Waals surface area (Å²) in [5, 5.41) is 11.5. The molecule has 108 valence electrons. The Bertz CT molecular complexity index is 641. The van der Waals surface area contributed by atoms with Crippen molar-refractivity contribution in [3.63, 3.8) is 0 Å². The molecule has 0 fully saturated rings. The first-order chi connectivity index (χ1) is 9.21. The molecule has 0 unspecified atom stereocenters. The number of H-pyrrole nitrogens is 1. The van der Waals surface area contributed by atoms with Gasteiger partial charge in [0, 0.05) is 7.05 Å². The number of rotatable bonds is 2. The molecule has 2 rings (SSSR count). The minimum Gasteiger partial charge on any atom is -0.317 e. The molecule has 0 radical (unpaired) electrons. The predicted octanol–water partition coefficient (Wildman–Crippen LogP) is 2.33. The summed E-state index contributed by atoms with van der Waals surface area (Å²) in [5.74, 6) is -0.676. The van der Waals surface area contributed by atoms with E-state index < -0.39 is 17.8 Å². The van der Waals surface area contributed by atoms with Crippen LogP contribution in [0.4, 0.5) is 18.9 Å². The number of carbonyl (C=O) groups excluding carboxylic acids is 1. The van der Waals surface area contributed by atoms with Crippen molar-refractivity contribution in [2.24, 2.45) is 7.05 Å². The van der Waals surface area contributed by atoms with Crippen molar-refractivity contribution in [3.05, 3.63) is 26.8 Å². The van der Waals surface area contributed by atoms with E-state index in [1.54, 1.807) is 0 Å². The average Bonchev–Trinajstić information content (AvgIpc) is 2.83. The molecule has 1 amide bonds. The lowest BCUT2D eigenvalue weighted by Crippen LogP contribution is -2.20. The zero-order valence-corrected chi connectivity index (χ0v) is 12.5. The fourth-order valence-corrected chi connectivity index (χ4v) is 2.34. The van der Waals surface area contributed by atoms with Gasteiger partial charge in [-0.05, 0) is 29.5 Å². The van der Waals surface area contributed by atoms with Crippen molar-refractivity contribution in [2.45, 2.75) is 13.1 Å². The Labute approximate surface area is 124 Å². The highest BCUT2D eigenvalue weighted by atomic mass is 127. The molecule has 0 atom stereocenters. The van der Waals surface area contributed by atoms with Crippen LogP contribution in [0.3, 0.4) is 0 Å². The number of amides is 1. The largest absolute Gasteiger partial charge is 0.437 e. The number of nitrogens with one attached hydrogen (secondary N) is 2. The van der Waals surface area contributed by atoms with E-state index in [4.69, 9.17) is 0 Å². The molecule has 10 heteroatoms. The van der Waals surface area contributed by atoms with Crippen LogP contribution in [0, 0.1) is 10.5 Å². The second-order valence-electron chi connectivity index (χ2n) is 3.99. The van der Waals surface area contributed by atoms with E-state index >= 15 is 0 Å². The predicted molar refractivity (Wildman–Crippen MR) is 72.2 cm³/mol. The van der Waals surface area contributed by atoms with Gasteiger partial charge in [-0.25, -0.2) is 0 Å². The normalized spacial score (nSPS) is 11.7. The molecule has 6 nitrogen and oxygen atoms in total. The average molecular weight is 399 g/mol. The van der Waals surface area contributed by atoms with E-state index in [0.29, 0.717) is 3.57 Å². The summed E-state index contributed by atoms with van der Waals surface area (Å²) in [6.45, 7) is 1.39. The number of hydrogen-bond acceptors (Lipinski definition) is 3. The molecule has 0 saturated carbocycles. The summed E-state index contributed by atoms with van der Waals surface area (Å²) >= 11 is 1.88. The monoisotopic (exact) mass is 399 g/mol. The molecule has 0 aliphatic heterocycles. The molecule has 2 aromatic rings. The molecule has 0 saturated heterocycles. The summed E-state index contributed by atoms with van der Waals surface area (Å²) in [6, 6.07) is 0. The molecule has 0 spiro atoms. The molecule has 2 N–H and O–H groups in total. The van der Waals surface area contributed by atoms with Crippen LogP contribution < -0.4 is 5.32 Å². The first-order valence-electron chi connectivity index (χ1n) is 5.32. The highest BCUT2D eigenvalue weighted by molar-refractivity contribution is 14.1. The van der Waals surface area contributed by atoms with E-state index in [2.05, 4.69) is 20.6 Å². The van der Waals surface area contributed by atoms with Crippen molar-refractivity contribution in [1.82, 2.24) is 20.0 Å². The number of anilines is 1. The first-order valence-corrected chi connectivity index (χ1v) is 6.40. The van der Waals surface area contributed by atoms with Gasteiger partial charge in [0.1, 0.15) is 5.69 Å². The lowest BCUT2D eigenvalue weighted by molar-refractivity contribution is -0.140. The Morgan fingerprint density at radius 1 is 1.50 bits per heavy atom. The smallest absolute Gasteiger partial charge is 0.317 e. The second-order valence-corrected chi connectivity index (χ2v) is 5.15. The highest BCUT2D eigenvalue weighted by Crippen LogP contribution is 2.34. The van der Waals surface area contributed by atoms with Gasteiger partial charge < -0.3 is 5.32 Å². The van der Waals surface area contributed by atoms with E-state index in [1.165, 1.54) is 24.9 Å². The second kappa shape index (κ2) is 5.07. The molecule has 0 aliphatic rings. The van der Waals surface area contributed by atoms with Crippen molar-refractivity contribution in [1.29, 1.82) is 0 Å². The topological polar surface area (TPSA) is 75.6 Å². The van der Waals surface area contributed by atoms with E-state index in [0.717, 1.165) is 0 Å². The number of alkyl halides is 3. The van der Waals surface area contributed by atoms with Crippen LogP contribution >= 0.6 is 22.6 Å². The summed E-state index contributed by atoms with van der Waals surface area (Å²) in [7, 11) is 1.53. The Morgan fingerprint density at radius 3 is 2.65 bits per heavy atom. The lowest BCUT2D eigenvalue weighted by Gasteiger charge is -2.09. The van der Waals surface area contributed by atoms with Crippen molar-refractivity contribution in [3.8, 4) is 0 Å². The van der Waals surface area contributed by atoms with Crippen LogP contribution in [0.1, 0.15) is 21.9 Å². The van der Waals surface area contributed by atoms with Crippen LogP contribution in [0.15, 0.2) is 6.20 Å². The molecule has 0 aliphatic carbocycles. The highest BCUT2D eigenvalue weighted by Gasteiger charge is 2.38. The van der Waals surface area contributed by atoms with Crippen molar-refractivity contribution >= 4 is 34.2 Å². The number of carbonyl (C=O) groups is 1. The maximum Gasteiger partial charge on any atom is 0.437 e. The van der Waals surface area contributed by atoms with Crippen molar-refractivity contribution in [2.75, 3.05) is 5.32 Å². The third-order valence-electron chi connectivity index (χ3n) is 2.56. The number of aromatic nitrogens is 4. The maximum absolute atomic E-state index is 12.8. The van der Waals surface area contributed by atoms with Gasteiger partial charge >= 0.3 is 6.18 Å². The fourth-order valence-electron chi connectivity index (χ4n) is 1.63. The summed E-state index contributed by atoms with van der Waals surface area (Å²) in [5.41, 5.74) is -1.22. The number of hydrogen-bond donors (Lipinski definition) is 2. The number of halogens is 4. The van der Waals surface area contributed by atoms with Gasteiger partial charge in [-0.15, -0.1) is 0 Å². The Hall–Kier alpha value is -1.59. The number of aromatic amines is 1. The zero-order chi connectivity index (χ0) is 15.1. The lowest BCUT2D eigenvalue weighted by atomic mass is 10.2. The maximum atomic E-state index is 12.8. The summed E-state index contributed by atoms with van der Waals surface area (Å²) in [4.78, 5) is 12.1. The van der Waals surface area contributed by atoms with E-state index in [9.17, 15) is 18.0 Å². The third-order valence-corrected chi connectivity index (χ3v) is 3.35. The van der Waals surface area contributed by atoms with Gasteiger partial charge in [-0.3, -0.25) is 14.6 Å². The van der Waals surface area contributed by atoms with E-state index in [-0.39, 0.29) is 17.1 Å². The Kier molecular flexibility index (Phi) is 3.75. The van der Waals surface area contributed by atoms with Gasteiger partial charge in [0.2, 0.25) is 0 Å². The van der Waals surface area contributed by atoms with Gasteiger partial charge in [0.05, 0.1) is 21.1 Å². The SMILES string of the molecule is Cc1[nH]nc(C(F)(F)F)c1NC(=O)c1c(I)cnn1C. The number of nitrogens with zero attached hydrogens (tertiary/aromatic N) is 3. The quantitative estimate of drug-likeness (QED) is 0.762. The molecule has 0 aromatic carbocycles. The minimum absolute atomic E-state index is 0.128. The Balaban J connectivity index is 2.36. The van der Waals surface area contributed by atoms with Crippen LogP contribution in [0.5, 0.6) is 0 Å². The van der Waals surface area contributed by atoms with Gasteiger partial charge in [-0.1, -0.05) is 0 Å². The molecular weight excluding hydrogens is 390 g/mol. The molecule has 20 heavy (non-hydrogen) atoms. The van der Waals surface area contributed by atoms with Crippen LogP contribution in [0.25, 0.3) is 0 Å². The molecular formula is C10H9F3IN5O. The van der Waals surface area contributed by atoms with Gasteiger partial charge in [0.25, 0.3) is 5.91 Å². The van der Waals surface area contributed by atoms with Crippen LogP contribution in [-0.4, -0.2) is 25.9 Å². The van der Waals surface area contributed by atoms with Gasteiger partial charge in [-0.2, -0.15) is 23.4 Å². The van der Waals surface area contributed by atoms with Crippen molar-refractivity contribution < 1.29 is 18.0 Å². The number of aryl methyl sites for hydroxylation is 2. The molecule has 2 heterocycles. The van der Waals surface area contributed by atoms with Gasteiger partial charge in [0.15, 0.2) is 5.69 Å². The first kappa shape index (κ1) is 14.8. The third kappa shape index (κ3) is 2.64. The molecule has 0 bridgehead atoms. The standard InChI is InChI=1S/C10H9F3IN5O/c1-4-6(8(18-17-4)10(11,12)13)16-9(20)7-5(14)3-15-19(7)2/h3H,1-2H3,(H,16,20)(H,17,18). The summed E-state index contributed by atoms with van der Waals surface area (Å²) in [6.07, 6.45) is -3.20. The molecule has 2 aromatic heterocycles. The minimum atomic E-state index is -4.65. The van der Waals surface area contributed by atoms with Crippen LogP contribution in [-0.2, 0) is 13.2 Å².